The highest BCUT2D eigenvalue weighted by Crippen LogP contribution is 2.38. The molecule has 0 bridgehead atoms. The summed E-state index contributed by atoms with van der Waals surface area (Å²) in [5, 5.41) is -1.67. The fraction of sp³-hybridized carbons (Fsp3) is 0.697. The maximum atomic E-state index is 12.3. The number of carbonyl (C=O) groups is 4. The molecule has 0 heterocycles. The second-order valence-electron chi connectivity index (χ2n) is 10.8. The van der Waals surface area contributed by atoms with Gasteiger partial charge in [0, 0.05) is 0 Å². The lowest BCUT2D eigenvalue weighted by atomic mass is 9.71. The number of thiol groups is 2. The maximum absolute atomic E-state index is 12.3. The normalized spacial score (nSPS) is 13.8. The second kappa shape index (κ2) is 23.2. The van der Waals surface area contributed by atoms with E-state index in [1.165, 1.54) is 5.56 Å². The summed E-state index contributed by atoms with van der Waals surface area (Å²) >= 11 is 8.44. The molecular formula is C33H52O8S2. The van der Waals surface area contributed by atoms with Crippen LogP contribution in [0.25, 0.3) is 0 Å². The molecule has 10 heteroatoms. The van der Waals surface area contributed by atoms with E-state index in [0.717, 1.165) is 57.8 Å². The fourth-order valence-electron chi connectivity index (χ4n) is 4.69. The van der Waals surface area contributed by atoms with Gasteiger partial charge in [-0.15, -0.1) is 0 Å². The van der Waals surface area contributed by atoms with Crippen molar-refractivity contribution in [2.24, 2.45) is 0 Å². The molecule has 0 amide bonds. The van der Waals surface area contributed by atoms with Gasteiger partial charge in [-0.1, -0.05) is 63.9 Å². The van der Waals surface area contributed by atoms with Crippen LogP contribution in [0.15, 0.2) is 30.3 Å². The monoisotopic (exact) mass is 640 g/mol. The lowest BCUT2D eigenvalue weighted by Crippen LogP contribution is -2.26. The Morgan fingerprint density at radius 3 is 1.44 bits per heavy atom. The SMILES string of the molecule is CCCCOC(=O)CC(S)C(=O)OCCCCC(CC)(CCCCOC(=O)C(S)CC(=O)OCCCC)c1ccccc1. The number of hydrogen-bond donors (Lipinski definition) is 2. The Bertz CT molecular complexity index is 888. The van der Waals surface area contributed by atoms with Crippen molar-refractivity contribution in [3.63, 3.8) is 0 Å². The third-order valence-corrected chi connectivity index (χ3v) is 8.22. The summed E-state index contributed by atoms with van der Waals surface area (Å²) in [6.07, 6.45) is 9.11. The van der Waals surface area contributed by atoms with Crippen LogP contribution in [-0.2, 0) is 43.5 Å². The lowest BCUT2D eigenvalue weighted by molar-refractivity contribution is -0.149. The van der Waals surface area contributed by atoms with Crippen molar-refractivity contribution >= 4 is 49.1 Å². The molecule has 43 heavy (non-hydrogen) atoms. The summed E-state index contributed by atoms with van der Waals surface area (Å²) in [4.78, 5) is 48.2. The van der Waals surface area contributed by atoms with Crippen LogP contribution < -0.4 is 0 Å². The Labute approximate surface area is 269 Å². The predicted octanol–water partition coefficient (Wildman–Crippen LogP) is 6.83. The number of esters is 4. The first-order valence-electron chi connectivity index (χ1n) is 15.7. The van der Waals surface area contributed by atoms with E-state index in [1.54, 1.807) is 0 Å². The van der Waals surface area contributed by atoms with Crippen molar-refractivity contribution in [3.05, 3.63) is 35.9 Å². The van der Waals surface area contributed by atoms with Crippen LogP contribution in [-0.4, -0.2) is 60.8 Å². The van der Waals surface area contributed by atoms with E-state index in [-0.39, 0.29) is 31.5 Å². The van der Waals surface area contributed by atoms with Crippen LogP contribution in [0.5, 0.6) is 0 Å². The molecule has 0 radical (unpaired) electrons. The molecule has 0 saturated heterocycles. The third-order valence-electron chi connectivity index (χ3n) is 7.44. The van der Waals surface area contributed by atoms with E-state index in [2.05, 4.69) is 44.3 Å². The topological polar surface area (TPSA) is 105 Å². The number of carbonyl (C=O) groups excluding carboxylic acids is 4. The van der Waals surface area contributed by atoms with Gasteiger partial charge >= 0.3 is 23.9 Å². The molecule has 1 aromatic carbocycles. The zero-order valence-electron chi connectivity index (χ0n) is 26.2. The summed E-state index contributed by atoms with van der Waals surface area (Å²) in [5.41, 5.74) is 1.21. The second-order valence-corrected chi connectivity index (χ2v) is 12.1. The predicted molar refractivity (Wildman–Crippen MR) is 175 cm³/mol. The molecule has 1 rings (SSSR count). The van der Waals surface area contributed by atoms with Gasteiger partial charge in [-0.25, -0.2) is 0 Å². The average molecular weight is 641 g/mol. The molecule has 8 nitrogen and oxygen atoms in total. The molecule has 2 unspecified atom stereocenters. The number of unbranched alkanes of at least 4 members (excludes halogenated alkanes) is 4. The first kappa shape index (κ1) is 38.8. The summed E-state index contributed by atoms with van der Waals surface area (Å²) in [5.74, 6) is -1.90. The zero-order valence-corrected chi connectivity index (χ0v) is 28.0. The maximum Gasteiger partial charge on any atom is 0.319 e. The molecule has 0 spiro atoms. The lowest BCUT2D eigenvalue weighted by Gasteiger charge is -2.34. The van der Waals surface area contributed by atoms with Crippen molar-refractivity contribution in [2.75, 3.05) is 26.4 Å². The molecule has 0 aliphatic heterocycles. The van der Waals surface area contributed by atoms with Gasteiger partial charge in [-0.05, 0) is 68.8 Å². The Kier molecular flexibility index (Phi) is 21.0. The molecule has 0 aromatic heterocycles. The first-order chi connectivity index (χ1) is 20.7. The van der Waals surface area contributed by atoms with Crippen molar-refractivity contribution in [2.45, 2.75) is 120 Å². The van der Waals surface area contributed by atoms with Crippen molar-refractivity contribution in [3.8, 4) is 0 Å². The van der Waals surface area contributed by atoms with Crippen molar-refractivity contribution in [1.82, 2.24) is 0 Å². The van der Waals surface area contributed by atoms with Crippen LogP contribution in [0, 0.1) is 0 Å². The highest BCUT2D eigenvalue weighted by Gasteiger charge is 2.29. The minimum absolute atomic E-state index is 0.0576. The van der Waals surface area contributed by atoms with Gasteiger partial charge in [-0.3, -0.25) is 19.2 Å². The number of benzene rings is 1. The standard InChI is InChI=1S/C33H52O8S2/c1-4-7-20-38-29(34)24-27(42)31(36)40-22-14-12-18-33(6-3,26-16-10-9-11-17-26)19-13-15-23-41-32(37)28(43)25-30(35)39-21-8-5-2/h9-11,16-17,27-28,42-43H,4-8,12-15,18-25H2,1-3H3. The largest absolute Gasteiger partial charge is 0.466 e. The summed E-state index contributed by atoms with van der Waals surface area (Å²) in [6.45, 7) is 7.44. The summed E-state index contributed by atoms with van der Waals surface area (Å²) in [6, 6.07) is 10.4. The molecular weight excluding hydrogens is 588 g/mol. The molecule has 0 saturated carbocycles. The van der Waals surface area contributed by atoms with Crippen LogP contribution in [0.3, 0.4) is 0 Å². The van der Waals surface area contributed by atoms with Gasteiger partial charge in [0.1, 0.15) is 10.5 Å². The first-order valence-corrected chi connectivity index (χ1v) is 16.8. The van der Waals surface area contributed by atoms with Crippen LogP contribution >= 0.6 is 25.3 Å². The smallest absolute Gasteiger partial charge is 0.319 e. The van der Waals surface area contributed by atoms with Gasteiger partial charge in [0.25, 0.3) is 0 Å². The van der Waals surface area contributed by atoms with Crippen molar-refractivity contribution < 1.29 is 38.1 Å². The molecule has 1 aromatic rings. The Balaban J connectivity index is 2.50. The Hall–Kier alpha value is -2.20. The van der Waals surface area contributed by atoms with Crippen LogP contribution in [0.4, 0.5) is 0 Å². The molecule has 0 fully saturated rings. The quantitative estimate of drug-likeness (QED) is 0.0549. The zero-order chi connectivity index (χ0) is 31.9. The highest BCUT2D eigenvalue weighted by atomic mass is 32.1. The Morgan fingerprint density at radius 1 is 0.628 bits per heavy atom. The number of rotatable bonds is 24. The van der Waals surface area contributed by atoms with E-state index in [4.69, 9.17) is 18.9 Å². The summed E-state index contributed by atoms with van der Waals surface area (Å²) in [7, 11) is 0. The minimum Gasteiger partial charge on any atom is -0.466 e. The highest BCUT2D eigenvalue weighted by molar-refractivity contribution is 7.82. The van der Waals surface area contributed by atoms with Crippen LogP contribution in [0.2, 0.25) is 0 Å². The third kappa shape index (κ3) is 16.4. The molecule has 2 atom stereocenters. The van der Waals surface area contributed by atoms with E-state index in [9.17, 15) is 19.2 Å². The van der Waals surface area contributed by atoms with Crippen LogP contribution in [0.1, 0.15) is 110 Å². The molecule has 0 aliphatic carbocycles. The number of hydrogen-bond acceptors (Lipinski definition) is 10. The minimum atomic E-state index is -0.834. The van der Waals surface area contributed by atoms with Gasteiger partial charge in [0.15, 0.2) is 0 Å². The van der Waals surface area contributed by atoms with E-state index < -0.39 is 34.4 Å². The molecule has 244 valence electrons. The van der Waals surface area contributed by atoms with E-state index >= 15 is 0 Å². The van der Waals surface area contributed by atoms with Gasteiger partial charge < -0.3 is 18.9 Å². The van der Waals surface area contributed by atoms with Crippen molar-refractivity contribution in [1.29, 1.82) is 0 Å². The van der Waals surface area contributed by atoms with Gasteiger partial charge in [0.05, 0.1) is 39.3 Å². The molecule has 0 N–H and O–H groups in total. The van der Waals surface area contributed by atoms with Gasteiger partial charge in [0.2, 0.25) is 0 Å². The fourth-order valence-corrected chi connectivity index (χ4v) is 5.14. The Morgan fingerprint density at radius 2 is 1.05 bits per heavy atom. The number of ether oxygens (including phenoxy) is 4. The average Bonchev–Trinajstić information content (AvgIpc) is 3.00. The van der Waals surface area contributed by atoms with E-state index in [0.29, 0.717) is 26.1 Å². The van der Waals surface area contributed by atoms with E-state index in [1.807, 2.05) is 32.0 Å². The summed E-state index contributed by atoms with van der Waals surface area (Å²) < 4.78 is 21.0. The van der Waals surface area contributed by atoms with Gasteiger partial charge in [-0.2, -0.15) is 25.3 Å². The molecule has 0 aliphatic rings.